The number of carbonyl (C=O) groups is 2. The van der Waals surface area contributed by atoms with Crippen LogP contribution < -0.4 is 0 Å². The first-order valence-electron chi connectivity index (χ1n) is 5.04. The van der Waals surface area contributed by atoms with Gasteiger partial charge in [0, 0.05) is 5.56 Å². The summed E-state index contributed by atoms with van der Waals surface area (Å²) >= 11 is 0. The Labute approximate surface area is 98.3 Å². The van der Waals surface area contributed by atoms with E-state index in [0.717, 1.165) is 0 Å². The second-order valence-electron chi connectivity index (χ2n) is 3.93. The van der Waals surface area contributed by atoms with E-state index >= 15 is 0 Å². The zero-order valence-electron chi connectivity index (χ0n) is 9.87. The highest BCUT2D eigenvalue weighted by Crippen LogP contribution is 2.37. The summed E-state index contributed by atoms with van der Waals surface area (Å²) in [4.78, 5) is 22.2. The van der Waals surface area contributed by atoms with E-state index in [1.807, 2.05) is 0 Å². The summed E-state index contributed by atoms with van der Waals surface area (Å²) < 4.78 is 0. The lowest BCUT2D eigenvalue weighted by Gasteiger charge is -2.15. The van der Waals surface area contributed by atoms with Gasteiger partial charge in [-0.3, -0.25) is 9.59 Å². The van der Waals surface area contributed by atoms with Gasteiger partial charge in [-0.15, -0.1) is 0 Å². The first kappa shape index (κ1) is 13.0. The van der Waals surface area contributed by atoms with Crippen LogP contribution in [0.2, 0.25) is 0 Å². The topological polar surface area (TPSA) is 94.8 Å². The first-order chi connectivity index (χ1) is 7.77. The number of aromatic hydroxyl groups is 2. The van der Waals surface area contributed by atoms with Gasteiger partial charge in [-0.2, -0.15) is 0 Å². The molecule has 17 heavy (non-hydrogen) atoms. The number of Topliss-reactive ketones (excluding diaryl/α,β-unsaturated/α-hetero) is 1. The monoisotopic (exact) mass is 238 g/mol. The van der Waals surface area contributed by atoms with Crippen LogP contribution in [-0.4, -0.2) is 27.1 Å². The molecule has 1 aromatic carbocycles. The summed E-state index contributed by atoms with van der Waals surface area (Å²) in [7, 11) is 0. The van der Waals surface area contributed by atoms with Crippen LogP contribution in [0.5, 0.6) is 11.5 Å². The minimum absolute atomic E-state index is 0.0276. The fraction of sp³-hybridized carbons (Fsp3) is 0.333. The predicted molar refractivity (Wildman–Crippen MR) is 60.6 cm³/mol. The Bertz CT molecular complexity index is 502. The van der Waals surface area contributed by atoms with E-state index in [2.05, 4.69) is 0 Å². The molecule has 5 nitrogen and oxygen atoms in total. The summed E-state index contributed by atoms with van der Waals surface area (Å²) in [6.07, 6.45) is -0.415. The molecule has 5 heteroatoms. The molecular weight excluding hydrogens is 224 g/mol. The van der Waals surface area contributed by atoms with Crippen LogP contribution in [0.3, 0.4) is 0 Å². The smallest absolute Gasteiger partial charge is 0.307 e. The van der Waals surface area contributed by atoms with Gasteiger partial charge in [0.15, 0.2) is 5.78 Å². The molecule has 0 atom stereocenters. The Morgan fingerprint density at radius 1 is 1.06 bits per heavy atom. The van der Waals surface area contributed by atoms with Gasteiger partial charge in [0.05, 0.1) is 12.0 Å². The standard InChI is InChI=1S/C12H14O5/c1-5-8(4-9(14)15)10(7(3)13)12(17)6(2)11(5)16/h16-17H,4H2,1-3H3,(H,14,15). The Morgan fingerprint density at radius 3 is 2.00 bits per heavy atom. The normalized spacial score (nSPS) is 10.3. The van der Waals surface area contributed by atoms with Crippen molar-refractivity contribution in [3.05, 3.63) is 22.3 Å². The van der Waals surface area contributed by atoms with Crippen molar-refractivity contribution >= 4 is 11.8 Å². The van der Waals surface area contributed by atoms with Crippen molar-refractivity contribution in [1.82, 2.24) is 0 Å². The van der Waals surface area contributed by atoms with Crippen LogP contribution >= 0.6 is 0 Å². The van der Waals surface area contributed by atoms with Crippen LogP contribution in [0.15, 0.2) is 0 Å². The van der Waals surface area contributed by atoms with E-state index in [1.165, 1.54) is 20.8 Å². The van der Waals surface area contributed by atoms with E-state index in [-0.39, 0.29) is 28.2 Å². The Morgan fingerprint density at radius 2 is 1.59 bits per heavy atom. The number of hydrogen-bond donors (Lipinski definition) is 3. The lowest BCUT2D eigenvalue weighted by atomic mass is 9.92. The second-order valence-corrected chi connectivity index (χ2v) is 3.93. The van der Waals surface area contributed by atoms with Gasteiger partial charge in [0.2, 0.25) is 0 Å². The molecule has 0 aliphatic heterocycles. The maximum atomic E-state index is 11.4. The highest BCUT2D eigenvalue weighted by atomic mass is 16.4. The molecule has 0 fully saturated rings. The fourth-order valence-corrected chi connectivity index (χ4v) is 1.81. The third-order valence-electron chi connectivity index (χ3n) is 2.74. The van der Waals surface area contributed by atoms with Gasteiger partial charge in [-0.05, 0) is 31.9 Å². The zero-order valence-corrected chi connectivity index (χ0v) is 9.87. The largest absolute Gasteiger partial charge is 0.507 e. The molecule has 0 bridgehead atoms. The van der Waals surface area contributed by atoms with E-state index in [9.17, 15) is 19.8 Å². The maximum absolute atomic E-state index is 11.4. The minimum atomic E-state index is -1.13. The number of carbonyl (C=O) groups excluding carboxylic acids is 1. The highest BCUT2D eigenvalue weighted by Gasteiger charge is 2.22. The summed E-state index contributed by atoms with van der Waals surface area (Å²) in [5.41, 5.74) is 0.625. The minimum Gasteiger partial charge on any atom is -0.507 e. The van der Waals surface area contributed by atoms with Gasteiger partial charge < -0.3 is 15.3 Å². The Kier molecular flexibility index (Phi) is 3.41. The van der Waals surface area contributed by atoms with Crippen LogP contribution in [0.25, 0.3) is 0 Å². The number of benzene rings is 1. The SMILES string of the molecule is CC(=O)c1c(O)c(C)c(O)c(C)c1CC(=O)O. The van der Waals surface area contributed by atoms with E-state index in [1.54, 1.807) is 0 Å². The van der Waals surface area contributed by atoms with Crippen molar-refractivity contribution in [1.29, 1.82) is 0 Å². The third kappa shape index (κ3) is 2.22. The number of rotatable bonds is 3. The molecule has 0 saturated carbocycles. The third-order valence-corrected chi connectivity index (χ3v) is 2.74. The molecule has 1 aromatic rings. The van der Waals surface area contributed by atoms with Crippen LogP contribution in [0.4, 0.5) is 0 Å². The average Bonchev–Trinajstić information content (AvgIpc) is 2.22. The highest BCUT2D eigenvalue weighted by molar-refractivity contribution is 6.00. The summed E-state index contributed by atoms with van der Waals surface area (Å²) in [6, 6.07) is 0. The molecule has 0 aliphatic carbocycles. The van der Waals surface area contributed by atoms with E-state index in [0.29, 0.717) is 5.56 Å². The number of hydrogen-bond acceptors (Lipinski definition) is 4. The molecule has 1 rings (SSSR count). The average molecular weight is 238 g/mol. The second kappa shape index (κ2) is 4.45. The molecule has 0 unspecified atom stereocenters. The molecule has 0 amide bonds. The molecule has 0 aliphatic rings. The number of carboxylic acid groups (broad SMARTS) is 1. The van der Waals surface area contributed by atoms with Crippen molar-refractivity contribution in [2.24, 2.45) is 0 Å². The first-order valence-corrected chi connectivity index (χ1v) is 5.04. The van der Waals surface area contributed by atoms with Gasteiger partial charge in [0.1, 0.15) is 11.5 Å². The van der Waals surface area contributed by atoms with Crippen molar-refractivity contribution < 1.29 is 24.9 Å². The van der Waals surface area contributed by atoms with Crippen LogP contribution in [0, 0.1) is 13.8 Å². The molecule has 3 N–H and O–H groups in total. The summed E-state index contributed by atoms with van der Waals surface area (Å²) in [6.45, 7) is 4.23. The number of phenolic OH excluding ortho intramolecular Hbond substituents is 2. The van der Waals surface area contributed by atoms with Crippen LogP contribution in [0.1, 0.15) is 34.0 Å². The van der Waals surface area contributed by atoms with Crippen molar-refractivity contribution in [3.8, 4) is 11.5 Å². The number of ketones is 1. The molecular formula is C12H14O5. The van der Waals surface area contributed by atoms with Gasteiger partial charge in [-0.25, -0.2) is 0 Å². The molecule has 92 valence electrons. The predicted octanol–water partition coefficient (Wildman–Crippen LogP) is 1.54. The quantitative estimate of drug-likeness (QED) is 0.694. The van der Waals surface area contributed by atoms with Crippen molar-refractivity contribution in [2.75, 3.05) is 0 Å². The molecule has 0 saturated heterocycles. The number of carboxylic acids is 1. The summed E-state index contributed by atoms with van der Waals surface area (Å²) in [5, 5.41) is 28.3. The Balaban J connectivity index is 3.65. The zero-order chi connectivity index (χ0) is 13.3. The van der Waals surface area contributed by atoms with Gasteiger partial charge in [0.25, 0.3) is 0 Å². The molecule has 0 spiro atoms. The lowest BCUT2D eigenvalue weighted by Crippen LogP contribution is -2.10. The van der Waals surface area contributed by atoms with Gasteiger partial charge >= 0.3 is 5.97 Å². The number of phenols is 2. The van der Waals surface area contributed by atoms with Gasteiger partial charge in [-0.1, -0.05) is 0 Å². The molecule has 0 radical (unpaired) electrons. The van der Waals surface area contributed by atoms with Crippen molar-refractivity contribution in [3.63, 3.8) is 0 Å². The summed E-state index contributed by atoms with van der Waals surface area (Å²) in [5.74, 6) is -2.08. The van der Waals surface area contributed by atoms with E-state index in [4.69, 9.17) is 5.11 Å². The maximum Gasteiger partial charge on any atom is 0.307 e. The van der Waals surface area contributed by atoms with Crippen LogP contribution in [-0.2, 0) is 11.2 Å². The van der Waals surface area contributed by atoms with E-state index < -0.39 is 18.2 Å². The lowest BCUT2D eigenvalue weighted by molar-refractivity contribution is -0.136. The Hall–Kier alpha value is -2.04. The van der Waals surface area contributed by atoms with Crippen molar-refractivity contribution in [2.45, 2.75) is 27.2 Å². The number of aliphatic carboxylic acids is 1. The fourth-order valence-electron chi connectivity index (χ4n) is 1.81. The molecule has 0 aromatic heterocycles. The molecule has 0 heterocycles.